The minimum absolute atomic E-state index is 0.0319. The Morgan fingerprint density at radius 1 is 1.33 bits per heavy atom. The van der Waals surface area contributed by atoms with Crippen molar-refractivity contribution >= 4 is 17.2 Å². The molecule has 0 radical (unpaired) electrons. The number of rotatable bonds is 7. The van der Waals surface area contributed by atoms with Gasteiger partial charge in [0, 0.05) is 23.0 Å². The van der Waals surface area contributed by atoms with Crippen LogP contribution in [-0.4, -0.2) is 38.1 Å². The van der Waals surface area contributed by atoms with E-state index < -0.39 is 0 Å². The minimum Gasteiger partial charge on any atom is -0.497 e. The number of carbonyl (C=O) groups is 1. The first-order valence-corrected chi connectivity index (χ1v) is 10.3. The monoisotopic (exact) mass is 388 g/mol. The molecule has 2 heterocycles. The summed E-state index contributed by atoms with van der Waals surface area (Å²) in [6.45, 7) is 5.49. The molecule has 6 heteroatoms. The van der Waals surface area contributed by atoms with Crippen LogP contribution in [0.3, 0.4) is 0 Å². The standard InChI is InChI=1S/C21H28N2O3S/c1-5-18-16-9-11-27-20(16)8-10-23(18)13-21(24)22-14(2)17-12-15(25-3)6-7-19(17)26-4/h6-7,9,11-12,14,18H,5,8,10,13H2,1-4H3,(H,22,24). The van der Waals surface area contributed by atoms with Crippen LogP contribution in [0.4, 0.5) is 0 Å². The van der Waals surface area contributed by atoms with Crippen LogP contribution in [0.5, 0.6) is 11.5 Å². The van der Waals surface area contributed by atoms with E-state index in [4.69, 9.17) is 9.47 Å². The van der Waals surface area contributed by atoms with E-state index in [0.717, 1.165) is 36.4 Å². The molecule has 2 unspecified atom stereocenters. The molecular formula is C21H28N2O3S. The van der Waals surface area contributed by atoms with Crippen molar-refractivity contribution in [3.8, 4) is 11.5 Å². The van der Waals surface area contributed by atoms with Gasteiger partial charge in [0.1, 0.15) is 11.5 Å². The fourth-order valence-electron chi connectivity index (χ4n) is 3.84. The second-order valence-corrected chi connectivity index (χ2v) is 7.84. The van der Waals surface area contributed by atoms with E-state index in [1.54, 1.807) is 14.2 Å². The van der Waals surface area contributed by atoms with Crippen molar-refractivity contribution < 1.29 is 14.3 Å². The fraction of sp³-hybridized carbons (Fsp3) is 0.476. The molecule has 1 aromatic heterocycles. The Bertz CT molecular complexity index is 789. The summed E-state index contributed by atoms with van der Waals surface area (Å²) in [6, 6.07) is 8.01. The maximum absolute atomic E-state index is 12.7. The number of thiophene rings is 1. The van der Waals surface area contributed by atoms with Crippen LogP contribution in [-0.2, 0) is 11.2 Å². The van der Waals surface area contributed by atoms with Gasteiger partial charge in [0.15, 0.2) is 0 Å². The van der Waals surface area contributed by atoms with Crippen LogP contribution < -0.4 is 14.8 Å². The first kappa shape index (κ1) is 19.7. The Kier molecular flexibility index (Phi) is 6.39. The molecule has 2 atom stereocenters. The fourth-order valence-corrected chi connectivity index (χ4v) is 4.77. The van der Waals surface area contributed by atoms with Gasteiger partial charge in [-0.3, -0.25) is 9.69 Å². The van der Waals surface area contributed by atoms with Gasteiger partial charge in [0.05, 0.1) is 26.8 Å². The van der Waals surface area contributed by atoms with Gasteiger partial charge in [0.25, 0.3) is 0 Å². The molecule has 1 aromatic carbocycles. The number of ether oxygens (including phenoxy) is 2. The number of amides is 1. The Labute approximate surface area is 165 Å². The molecule has 5 nitrogen and oxygen atoms in total. The third kappa shape index (κ3) is 4.28. The van der Waals surface area contributed by atoms with Crippen LogP contribution in [0.25, 0.3) is 0 Å². The number of nitrogens with one attached hydrogen (secondary N) is 1. The van der Waals surface area contributed by atoms with Crippen LogP contribution >= 0.6 is 11.3 Å². The molecule has 2 aromatic rings. The molecule has 1 amide bonds. The van der Waals surface area contributed by atoms with Gasteiger partial charge in [0.2, 0.25) is 5.91 Å². The summed E-state index contributed by atoms with van der Waals surface area (Å²) >= 11 is 1.83. The predicted octanol–water partition coefficient (Wildman–Crippen LogP) is 3.95. The molecular weight excluding hydrogens is 360 g/mol. The maximum atomic E-state index is 12.7. The van der Waals surface area contributed by atoms with Crippen molar-refractivity contribution in [1.29, 1.82) is 0 Å². The SMILES string of the molecule is CCC1c2ccsc2CCN1CC(=O)NC(C)c1cc(OC)ccc1OC. The van der Waals surface area contributed by atoms with E-state index in [-0.39, 0.29) is 11.9 Å². The van der Waals surface area contributed by atoms with Crippen molar-refractivity contribution in [3.63, 3.8) is 0 Å². The number of hydrogen-bond donors (Lipinski definition) is 1. The zero-order valence-corrected chi connectivity index (χ0v) is 17.3. The van der Waals surface area contributed by atoms with E-state index in [9.17, 15) is 4.79 Å². The van der Waals surface area contributed by atoms with E-state index in [1.165, 1.54) is 10.4 Å². The first-order valence-electron chi connectivity index (χ1n) is 9.39. The molecule has 0 saturated heterocycles. The predicted molar refractivity (Wildman–Crippen MR) is 109 cm³/mol. The van der Waals surface area contributed by atoms with Gasteiger partial charge in [-0.05, 0) is 55.0 Å². The normalized spacial score (nSPS) is 17.9. The van der Waals surface area contributed by atoms with Gasteiger partial charge in [-0.2, -0.15) is 0 Å². The molecule has 0 fully saturated rings. The van der Waals surface area contributed by atoms with E-state index in [1.807, 2.05) is 36.5 Å². The molecule has 1 aliphatic rings. The van der Waals surface area contributed by atoms with Crippen LogP contribution in [0.1, 0.15) is 48.4 Å². The lowest BCUT2D eigenvalue weighted by molar-refractivity contribution is -0.123. The van der Waals surface area contributed by atoms with Crippen LogP contribution in [0, 0.1) is 0 Å². The highest BCUT2D eigenvalue weighted by atomic mass is 32.1. The summed E-state index contributed by atoms with van der Waals surface area (Å²) in [5, 5.41) is 5.28. The second-order valence-electron chi connectivity index (χ2n) is 6.84. The van der Waals surface area contributed by atoms with Gasteiger partial charge >= 0.3 is 0 Å². The number of methoxy groups -OCH3 is 2. The zero-order valence-electron chi connectivity index (χ0n) is 16.5. The third-order valence-corrected chi connectivity index (χ3v) is 6.22. The average Bonchev–Trinajstić information content (AvgIpc) is 3.15. The summed E-state index contributed by atoms with van der Waals surface area (Å²) in [6.07, 6.45) is 2.03. The second kappa shape index (κ2) is 8.76. The summed E-state index contributed by atoms with van der Waals surface area (Å²) in [5.74, 6) is 1.53. The highest BCUT2D eigenvalue weighted by Crippen LogP contribution is 2.35. The Morgan fingerprint density at radius 2 is 2.15 bits per heavy atom. The molecule has 3 rings (SSSR count). The minimum atomic E-state index is -0.163. The molecule has 1 aliphatic heterocycles. The van der Waals surface area contributed by atoms with Crippen molar-refractivity contribution in [3.05, 3.63) is 45.6 Å². The first-order chi connectivity index (χ1) is 13.1. The zero-order chi connectivity index (χ0) is 19.4. The number of fused-ring (bicyclic) bond motifs is 1. The topological polar surface area (TPSA) is 50.8 Å². The van der Waals surface area contributed by atoms with Gasteiger partial charge in [-0.15, -0.1) is 11.3 Å². The molecule has 0 aliphatic carbocycles. The van der Waals surface area contributed by atoms with E-state index >= 15 is 0 Å². The largest absolute Gasteiger partial charge is 0.497 e. The van der Waals surface area contributed by atoms with E-state index in [2.05, 4.69) is 28.6 Å². The highest BCUT2D eigenvalue weighted by molar-refractivity contribution is 7.10. The van der Waals surface area contributed by atoms with Gasteiger partial charge in [-0.25, -0.2) is 0 Å². The van der Waals surface area contributed by atoms with E-state index in [0.29, 0.717) is 12.6 Å². The molecule has 1 N–H and O–H groups in total. The summed E-state index contributed by atoms with van der Waals surface area (Å²) in [5.41, 5.74) is 2.31. The molecule has 0 bridgehead atoms. The highest BCUT2D eigenvalue weighted by Gasteiger charge is 2.28. The summed E-state index contributed by atoms with van der Waals surface area (Å²) in [4.78, 5) is 16.5. The summed E-state index contributed by atoms with van der Waals surface area (Å²) < 4.78 is 10.8. The Hall–Kier alpha value is -2.05. The maximum Gasteiger partial charge on any atom is 0.234 e. The van der Waals surface area contributed by atoms with Crippen molar-refractivity contribution in [2.75, 3.05) is 27.3 Å². The smallest absolute Gasteiger partial charge is 0.234 e. The molecule has 27 heavy (non-hydrogen) atoms. The lowest BCUT2D eigenvalue weighted by Gasteiger charge is -2.35. The van der Waals surface area contributed by atoms with Crippen LogP contribution in [0.2, 0.25) is 0 Å². The van der Waals surface area contributed by atoms with Crippen LogP contribution in [0.15, 0.2) is 29.6 Å². The summed E-state index contributed by atoms with van der Waals surface area (Å²) in [7, 11) is 3.27. The molecule has 0 spiro atoms. The van der Waals surface area contributed by atoms with Gasteiger partial charge < -0.3 is 14.8 Å². The van der Waals surface area contributed by atoms with Crippen molar-refractivity contribution in [2.45, 2.75) is 38.8 Å². The average molecular weight is 389 g/mol. The quantitative estimate of drug-likeness (QED) is 0.780. The van der Waals surface area contributed by atoms with Crippen molar-refractivity contribution in [2.24, 2.45) is 0 Å². The Morgan fingerprint density at radius 3 is 2.85 bits per heavy atom. The number of nitrogens with zero attached hydrogens (tertiary/aromatic N) is 1. The third-order valence-electron chi connectivity index (χ3n) is 5.22. The number of hydrogen-bond acceptors (Lipinski definition) is 5. The van der Waals surface area contributed by atoms with Gasteiger partial charge in [-0.1, -0.05) is 6.92 Å². The Balaban J connectivity index is 1.67. The molecule has 0 saturated carbocycles. The number of benzene rings is 1. The van der Waals surface area contributed by atoms with Crippen molar-refractivity contribution in [1.82, 2.24) is 10.2 Å². The lowest BCUT2D eigenvalue weighted by atomic mass is 9.98. The number of carbonyl (C=O) groups excluding carboxylic acids is 1. The molecule has 146 valence electrons. The lowest BCUT2D eigenvalue weighted by Crippen LogP contribution is -2.42.